The molecule has 144 valence electrons. The molecule has 1 aliphatic rings. The van der Waals surface area contributed by atoms with Crippen molar-refractivity contribution in [1.82, 2.24) is 0 Å². The highest BCUT2D eigenvalue weighted by Crippen LogP contribution is 2.27. The van der Waals surface area contributed by atoms with Crippen LogP contribution >= 0.6 is 0 Å². The lowest BCUT2D eigenvalue weighted by molar-refractivity contribution is 0.0635. The van der Waals surface area contributed by atoms with Gasteiger partial charge in [-0.25, -0.2) is 8.37 Å². The fourth-order valence-electron chi connectivity index (χ4n) is 1.85. The summed E-state index contributed by atoms with van der Waals surface area (Å²) in [5.41, 5.74) is 0. The van der Waals surface area contributed by atoms with Gasteiger partial charge < -0.3 is 0 Å². The molecule has 0 spiro atoms. The van der Waals surface area contributed by atoms with Gasteiger partial charge in [0.2, 0.25) is 0 Å². The lowest BCUT2D eigenvalue weighted by atomic mass is 9.95. The van der Waals surface area contributed by atoms with Gasteiger partial charge in [0.25, 0.3) is 0 Å². The van der Waals surface area contributed by atoms with Crippen molar-refractivity contribution in [2.24, 2.45) is 0 Å². The molecule has 1 saturated carbocycles. The molecule has 2 N–H and O–H groups in total. The molecule has 0 amide bonds. The first-order valence-electron chi connectivity index (χ1n) is 5.80. The minimum absolute atomic E-state index is 0.0349. The Morgan fingerprint density at radius 3 is 1.29 bits per heavy atom. The predicted molar refractivity (Wildman–Crippen MR) is 71.3 cm³/mol. The first-order chi connectivity index (χ1) is 10.6. The van der Waals surface area contributed by atoms with E-state index in [0.29, 0.717) is 0 Å². The average Bonchev–Trinajstić information content (AvgIpc) is 2.19. The van der Waals surface area contributed by atoms with Gasteiger partial charge in [-0.2, -0.15) is 33.7 Å². The summed E-state index contributed by atoms with van der Waals surface area (Å²) in [6.07, 6.45) is -2.77. The van der Waals surface area contributed by atoms with E-state index in [4.69, 9.17) is 9.11 Å². The van der Waals surface area contributed by atoms with Gasteiger partial charge in [0.15, 0.2) is 0 Å². The minimum atomic E-state index is -5.35. The van der Waals surface area contributed by atoms with E-state index in [-0.39, 0.29) is 19.3 Å². The first kappa shape index (κ1) is 21.6. The molecule has 2 atom stereocenters. The fraction of sp³-hybridized carbons (Fsp3) is 1.00. The Labute approximate surface area is 138 Å². The van der Waals surface area contributed by atoms with Gasteiger partial charge in [0.1, 0.15) is 0 Å². The Balaban J connectivity index is 2.71. The second-order valence-electron chi connectivity index (χ2n) is 4.41. The van der Waals surface area contributed by atoms with Crippen molar-refractivity contribution in [3.05, 3.63) is 0 Å². The summed E-state index contributed by atoms with van der Waals surface area (Å²) in [6.45, 7) is 0. The monoisotopic (exact) mass is 436 g/mol. The van der Waals surface area contributed by atoms with Crippen LogP contribution in [0, 0.1) is 0 Å². The van der Waals surface area contributed by atoms with E-state index in [2.05, 4.69) is 15.6 Å². The molecule has 2 unspecified atom stereocenters. The molecule has 0 aromatic heterocycles. The van der Waals surface area contributed by atoms with E-state index >= 15 is 0 Å². The van der Waals surface area contributed by atoms with Crippen molar-refractivity contribution >= 4 is 41.6 Å². The maximum atomic E-state index is 11.2. The zero-order chi connectivity index (χ0) is 18.8. The Hall–Kier alpha value is -0.440. The molecule has 0 radical (unpaired) electrons. The SMILES string of the molecule is O=S(=O)(O)OS(=O)(=O)OC1CCCC(OS(=O)(=O)OS(=O)(=O)O)C1. The summed E-state index contributed by atoms with van der Waals surface area (Å²) in [5, 5.41) is 0. The maximum absolute atomic E-state index is 11.2. The van der Waals surface area contributed by atoms with Crippen LogP contribution in [-0.4, -0.2) is 55.0 Å². The van der Waals surface area contributed by atoms with E-state index in [1.54, 1.807) is 0 Å². The first-order valence-corrected chi connectivity index (χ1v) is 11.2. The van der Waals surface area contributed by atoms with E-state index in [1.165, 1.54) is 0 Å². The highest BCUT2D eigenvalue weighted by molar-refractivity contribution is 7.95. The van der Waals surface area contributed by atoms with Gasteiger partial charge in [0, 0.05) is 6.42 Å². The number of hydrogen-bond acceptors (Lipinski definition) is 12. The zero-order valence-corrected chi connectivity index (χ0v) is 14.7. The van der Waals surface area contributed by atoms with Crippen LogP contribution in [0.4, 0.5) is 0 Å². The zero-order valence-electron chi connectivity index (χ0n) is 11.4. The Kier molecular flexibility index (Phi) is 6.69. The molecular weight excluding hydrogens is 424 g/mol. The average molecular weight is 436 g/mol. The smallest absolute Gasteiger partial charge is 0.263 e. The third-order valence-electron chi connectivity index (χ3n) is 2.42. The molecule has 14 nitrogen and oxygen atoms in total. The Bertz CT molecular complexity index is 776. The van der Waals surface area contributed by atoms with Gasteiger partial charge in [-0.1, -0.05) is 0 Å². The van der Waals surface area contributed by atoms with Crippen LogP contribution in [0.15, 0.2) is 0 Å². The maximum Gasteiger partial charge on any atom is 0.416 e. The highest BCUT2D eigenvalue weighted by atomic mass is 32.3. The Morgan fingerprint density at radius 2 is 1.00 bits per heavy atom. The summed E-state index contributed by atoms with van der Waals surface area (Å²) < 4.78 is 118. The summed E-state index contributed by atoms with van der Waals surface area (Å²) in [7, 11) is -21.0. The van der Waals surface area contributed by atoms with Crippen molar-refractivity contribution in [2.45, 2.75) is 37.9 Å². The normalized spacial score (nSPS) is 23.9. The van der Waals surface area contributed by atoms with Gasteiger partial charge in [-0.05, 0) is 19.3 Å². The summed E-state index contributed by atoms with van der Waals surface area (Å²) in [5.74, 6) is 0. The van der Waals surface area contributed by atoms with Crippen molar-refractivity contribution in [2.75, 3.05) is 0 Å². The van der Waals surface area contributed by atoms with Gasteiger partial charge in [0.05, 0.1) is 12.2 Å². The van der Waals surface area contributed by atoms with Crippen LogP contribution in [-0.2, 0) is 57.2 Å². The standard InChI is InChI=1S/C6H12O14S4/c7-21(8,9)19-23(13,14)17-5-2-1-3-6(4-5)18-24(15,16)20-22(10,11)12/h5-6H,1-4H2,(H,7,8,9)(H,10,11,12). The van der Waals surface area contributed by atoms with Crippen LogP contribution in [0.2, 0.25) is 0 Å². The van der Waals surface area contributed by atoms with Gasteiger partial charge >= 0.3 is 41.6 Å². The molecule has 0 heterocycles. The van der Waals surface area contributed by atoms with E-state index in [1.807, 2.05) is 0 Å². The van der Waals surface area contributed by atoms with E-state index in [9.17, 15) is 33.7 Å². The van der Waals surface area contributed by atoms with Crippen LogP contribution in [0.25, 0.3) is 0 Å². The van der Waals surface area contributed by atoms with Crippen molar-refractivity contribution in [1.29, 1.82) is 0 Å². The van der Waals surface area contributed by atoms with Gasteiger partial charge in [-0.3, -0.25) is 9.11 Å². The quantitative estimate of drug-likeness (QED) is 0.412. The molecule has 1 aliphatic carbocycles. The predicted octanol–water partition coefficient (Wildman–Crippen LogP) is -1.54. The second kappa shape index (κ2) is 7.43. The van der Waals surface area contributed by atoms with E-state index in [0.717, 1.165) is 0 Å². The molecule has 0 bridgehead atoms. The number of hydrogen-bond donors (Lipinski definition) is 2. The lowest BCUT2D eigenvalue weighted by Crippen LogP contribution is -2.33. The second-order valence-corrected chi connectivity index (χ2v) is 9.23. The Morgan fingerprint density at radius 1 is 0.667 bits per heavy atom. The molecule has 0 aromatic carbocycles. The molecular formula is C6H12O14S4. The fourth-order valence-corrected chi connectivity index (χ4v) is 4.81. The summed E-state index contributed by atoms with van der Waals surface area (Å²) in [4.78, 5) is 0. The topological polar surface area (TPSA) is 214 Å². The van der Waals surface area contributed by atoms with Crippen molar-refractivity contribution in [3.63, 3.8) is 0 Å². The molecule has 0 saturated heterocycles. The van der Waals surface area contributed by atoms with Crippen LogP contribution in [0.3, 0.4) is 0 Å². The molecule has 0 aromatic rings. The van der Waals surface area contributed by atoms with Crippen LogP contribution in [0.5, 0.6) is 0 Å². The van der Waals surface area contributed by atoms with Gasteiger partial charge in [-0.15, -0.1) is 7.26 Å². The highest BCUT2D eigenvalue weighted by Gasteiger charge is 2.34. The van der Waals surface area contributed by atoms with Crippen molar-refractivity contribution < 1.29 is 58.4 Å². The summed E-state index contributed by atoms with van der Waals surface area (Å²) >= 11 is 0. The molecule has 0 aliphatic heterocycles. The minimum Gasteiger partial charge on any atom is -0.263 e. The van der Waals surface area contributed by atoms with Crippen LogP contribution < -0.4 is 0 Å². The van der Waals surface area contributed by atoms with Crippen molar-refractivity contribution in [3.8, 4) is 0 Å². The molecule has 24 heavy (non-hydrogen) atoms. The third-order valence-corrected chi connectivity index (χ3v) is 6.15. The number of rotatable bonds is 8. The third kappa shape index (κ3) is 9.15. The molecule has 1 rings (SSSR count). The largest absolute Gasteiger partial charge is 0.416 e. The molecule has 1 fully saturated rings. The molecule has 18 heteroatoms. The van der Waals surface area contributed by atoms with E-state index < -0.39 is 60.2 Å². The summed E-state index contributed by atoms with van der Waals surface area (Å²) in [6, 6.07) is 0. The van der Waals surface area contributed by atoms with Crippen LogP contribution in [0.1, 0.15) is 25.7 Å². The lowest BCUT2D eigenvalue weighted by Gasteiger charge is -2.26.